The van der Waals surface area contributed by atoms with Crippen LogP contribution in [0, 0.1) is 10.5 Å². The van der Waals surface area contributed by atoms with Crippen molar-refractivity contribution in [2.24, 2.45) is 0 Å². The maximum atomic E-state index is 12.8. The molecule has 0 aromatic heterocycles. The number of fused-ring (bicyclic) bond motifs is 1. The normalized spacial score (nSPS) is 14.0. The van der Waals surface area contributed by atoms with Gasteiger partial charge in [0.1, 0.15) is 0 Å². The molecule has 0 bridgehead atoms. The zero-order valence-electron chi connectivity index (χ0n) is 11.7. The minimum atomic E-state index is 0.0260. The summed E-state index contributed by atoms with van der Waals surface area (Å²) in [4.78, 5) is 14.6. The van der Waals surface area contributed by atoms with Crippen LogP contribution in [0.2, 0.25) is 5.02 Å². The topological polar surface area (TPSA) is 20.3 Å². The lowest BCUT2D eigenvalue weighted by atomic mass is 9.99. The van der Waals surface area contributed by atoms with Gasteiger partial charge in [-0.25, -0.2) is 0 Å². The zero-order chi connectivity index (χ0) is 15.0. The standard InChI is InChI=1S/C17H15ClINO/c1-11-4-7-16-12(9-11)3-2-8-20(16)17(21)13-5-6-15(19)14(18)10-13/h4-7,9-10H,2-3,8H2,1H3. The van der Waals surface area contributed by atoms with E-state index >= 15 is 0 Å². The molecule has 0 saturated heterocycles. The van der Waals surface area contributed by atoms with Crippen molar-refractivity contribution < 1.29 is 4.79 Å². The van der Waals surface area contributed by atoms with Crippen molar-refractivity contribution in [3.05, 3.63) is 61.7 Å². The first-order valence-corrected chi connectivity index (χ1v) is 8.38. The molecule has 1 heterocycles. The van der Waals surface area contributed by atoms with Crippen molar-refractivity contribution in [3.63, 3.8) is 0 Å². The van der Waals surface area contributed by atoms with Gasteiger partial charge in [-0.2, -0.15) is 0 Å². The van der Waals surface area contributed by atoms with Crippen LogP contribution >= 0.6 is 34.2 Å². The molecule has 4 heteroatoms. The van der Waals surface area contributed by atoms with Crippen LogP contribution in [-0.4, -0.2) is 12.5 Å². The van der Waals surface area contributed by atoms with Gasteiger partial charge in [-0.05, 0) is 72.2 Å². The zero-order valence-corrected chi connectivity index (χ0v) is 14.6. The van der Waals surface area contributed by atoms with Gasteiger partial charge in [0.25, 0.3) is 5.91 Å². The van der Waals surface area contributed by atoms with E-state index in [0.717, 1.165) is 28.6 Å². The SMILES string of the molecule is Cc1ccc2c(c1)CCCN2C(=O)c1ccc(I)c(Cl)c1. The first kappa shape index (κ1) is 14.9. The van der Waals surface area contributed by atoms with Gasteiger partial charge in [-0.1, -0.05) is 29.3 Å². The Morgan fingerprint density at radius 1 is 1.24 bits per heavy atom. The molecule has 2 aromatic carbocycles. The highest BCUT2D eigenvalue weighted by Gasteiger charge is 2.23. The van der Waals surface area contributed by atoms with E-state index < -0.39 is 0 Å². The number of hydrogen-bond donors (Lipinski definition) is 0. The van der Waals surface area contributed by atoms with Crippen LogP contribution in [0.15, 0.2) is 36.4 Å². The largest absolute Gasteiger partial charge is 0.308 e. The molecule has 0 N–H and O–H groups in total. The summed E-state index contributed by atoms with van der Waals surface area (Å²) in [7, 11) is 0. The van der Waals surface area contributed by atoms with Crippen molar-refractivity contribution in [1.29, 1.82) is 0 Å². The quantitative estimate of drug-likeness (QED) is 0.615. The van der Waals surface area contributed by atoms with Crippen LogP contribution in [0.4, 0.5) is 5.69 Å². The maximum absolute atomic E-state index is 12.8. The van der Waals surface area contributed by atoms with E-state index in [2.05, 4.69) is 47.7 Å². The van der Waals surface area contributed by atoms with Gasteiger partial charge in [0.2, 0.25) is 0 Å². The van der Waals surface area contributed by atoms with E-state index in [1.807, 2.05) is 17.0 Å². The molecule has 0 unspecified atom stereocenters. The van der Waals surface area contributed by atoms with Crippen LogP contribution in [-0.2, 0) is 6.42 Å². The van der Waals surface area contributed by atoms with Crippen LogP contribution in [0.3, 0.4) is 0 Å². The molecule has 0 atom stereocenters. The summed E-state index contributed by atoms with van der Waals surface area (Å²) in [5, 5.41) is 0.627. The predicted molar refractivity (Wildman–Crippen MR) is 95.3 cm³/mol. The highest BCUT2D eigenvalue weighted by Crippen LogP contribution is 2.30. The Morgan fingerprint density at radius 2 is 2.05 bits per heavy atom. The molecule has 108 valence electrons. The summed E-state index contributed by atoms with van der Waals surface area (Å²) in [5.41, 5.74) is 4.17. The molecule has 0 radical (unpaired) electrons. The van der Waals surface area contributed by atoms with E-state index in [1.165, 1.54) is 11.1 Å². The lowest BCUT2D eigenvalue weighted by molar-refractivity contribution is 0.0985. The number of hydrogen-bond acceptors (Lipinski definition) is 1. The van der Waals surface area contributed by atoms with E-state index in [1.54, 1.807) is 6.07 Å². The van der Waals surface area contributed by atoms with Crippen molar-refractivity contribution in [1.82, 2.24) is 0 Å². The Labute approximate surface area is 143 Å². The van der Waals surface area contributed by atoms with E-state index in [9.17, 15) is 4.79 Å². The van der Waals surface area contributed by atoms with Gasteiger partial charge in [0.05, 0.1) is 5.02 Å². The van der Waals surface area contributed by atoms with E-state index in [-0.39, 0.29) is 5.91 Å². The number of rotatable bonds is 1. The third-order valence-corrected chi connectivity index (χ3v) is 5.34. The monoisotopic (exact) mass is 411 g/mol. The fourth-order valence-corrected chi connectivity index (χ4v) is 3.24. The predicted octanol–water partition coefficient (Wildman–Crippen LogP) is 4.85. The fraction of sp³-hybridized carbons (Fsp3) is 0.235. The Bertz CT molecular complexity index is 714. The Hall–Kier alpha value is -1.07. The first-order valence-electron chi connectivity index (χ1n) is 6.93. The second-order valence-electron chi connectivity index (χ2n) is 5.32. The van der Waals surface area contributed by atoms with Crippen molar-refractivity contribution in [2.75, 3.05) is 11.4 Å². The summed E-state index contributed by atoms with van der Waals surface area (Å²) in [6, 6.07) is 11.8. The van der Waals surface area contributed by atoms with E-state index in [0.29, 0.717) is 10.6 Å². The molecular weight excluding hydrogens is 397 g/mol. The second kappa shape index (κ2) is 5.97. The molecule has 0 aliphatic carbocycles. The smallest absolute Gasteiger partial charge is 0.258 e. The van der Waals surface area contributed by atoms with Crippen LogP contribution in [0.5, 0.6) is 0 Å². The van der Waals surface area contributed by atoms with Crippen molar-refractivity contribution in [3.8, 4) is 0 Å². The number of benzene rings is 2. The molecule has 0 fully saturated rings. The number of amides is 1. The Morgan fingerprint density at radius 3 is 2.81 bits per heavy atom. The van der Waals surface area contributed by atoms with Gasteiger partial charge in [-0.15, -0.1) is 0 Å². The minimum Gasteiger partial charge on any atom is -0.308 e. The average Bonchev–Trinajstić information content (AvgIpc) is 2.48. The Kier molecular flexibility index (Phi) is 4.22. The number of aryl methyl sites for hydroxylation is 2. The molecule has 3 rings (SSSR count). The third-order valence-electron chi connectivity index (χ3n) is 3.77. The van der Waals surface area contributed by atoms with Gasteiger partial charge >= 0.3 is 0 Å². The number of carbonyl (C=O) groups excluding carboxylic acids is 1. The van der Waals surface area contributed by atoms with E-state index in [4.69, 9.17) is 11.6 Å². The summed E-state index contributed by atoms with van der Waals surface area (Å²) in [6.45, 7) is 2.85. The van der Waals surface area contributed by atoms with Crippen LogP contribution in [0.1, 0.15) is 27.9 Å². The lowest BCUT2D eigenvalue weighted by Gasteiger charge is -2.30. The summed E-state index contributed by atoms with van der Waals surface area (Å²) >= 11 is 8.31. The Balaban J connectivity index is 1.98. The van der Waals surface area contributed by atoms with Crippen molar-refractivity contribution in [2.45, 2.75) is 19.8 Å². The van der Waals surface area contributed by atoms with Gasteiger partial charge in [0, 0.05) is 21.4 Å². The van der Waals surface area contributed by atoms with Crippen LogP contribution in [0.25, 0.3) is 0 Å². The first-order chi connectivity index (χ1) is 10.1. The molecule has 21 heavy (non-hydrogen) atoms. The average molecular weight is 412 g/mol. The lowest BCUT2D eigenvalue weighted by Crippen LogP contribution is -2.35. The molecule has 2 aromatic rings. The molecule has 1 amide bonds. The highest BCUT2D eigenvalue weighted by molar-refractivity contribution is 14.1. The molecule has 1 aliphatic heterocycles. The fourth-order valence-electron chi connectivity index (χ4n) is 2.72. The van der Waals surface area contributed by atoms with Crippen LogP contribution < -0.4 is 4.90 Å². The summed E-state index contributed by atoms with van der Waals surface area (Å²) in [5.74, 6) is 0.0260. The van der Waals surface area contributed by atoms with Gasteiger partial charge in [0.15, 0.2) is 0 Å². The van der Waals surface area contributed by atoms with Gasteiger partial charge in [-0.3, -0.25) is 4.79 Å². The van der Waals surface area contributed by atoms with Gasteiger partial charge < -0.3 is 4.90 Å². The number of carbonyl (C=O) groups is 1. The molecule has 0 spiro atoms. The third kappa shape index (κ3) is 2.94. The number of halogens is 2. The molecular formula is C17H15ClINO. The molecule has 2 nitrogen and oxygen atoms in total. The second-order valence-corrected chi connectivity index (χ2v) is 6.89. The van der Waals surface area contributed by atoms with Crippen molar-refractivity contribution >= 4 is 45.8 Å². The number of anilines is 1. The summed E-state index contributed by atoms with van der Waals surface area (Å²) in [6.07, 6.45) is 2.04. The minimum absolute atomic E-state index is 0.0260. The summed E-state index contributed by atoms with van der Waals surface area (Å²) < 4.78 is 0.959. The maximum Gasteiger partial charge on any atom is 0.258 e. The molecule has 1 aliphatic rings. The number of nitrogens with zero attached hydrogens (tertiary/aromatic N) is 1. The molecule has 0 saturated carbocycles. The highest BCUT2D eigenvalue weighted by atomic mass is 127.